The van der Waals surface area contributed by atoms with Crippen LogP contribution in [0.5, 0.6) is 0 Å². The number of nitrogens with zero attached hydrogens (tertiary/aromatic N) is 2. The van der Waals surface area contributed by atoms with Crippen LogP contribution in [-0.2, 0) is 4.74 Å². The molecule has 0 heterocycles. The summed E-state index contributed by atoms with van der Waals surface area (Å²) in [6.45, 7) is 0. The van der Waals surface area contributed by atoms with Crippen LogP contribution in [0.3, 0.4) is 0 Å². The number of esters is 1. The van der Waals surface area contributed by atoms with Crippen molar-refractivity contribution in [3.05, 3.63) is 80.4 Å². The molecule has 0 radical (unpaired) electrons. The lowest BCUT2D eigenvalue weighted by Crippen LogP contribution is -2.47. The van der Waals surface area contributed by atoms with E-state index in [4.69, 9.17) is 4.74 Å². The third-order valence-electron chi connectivity index (χ3n) is 6.07. The summed E-state index contributed by atoms with van der Waals surface area (Å²) in [7, 11) is 0. The van der Waals surface area contributed by atoms with Gasteiger partial charge in [0.15, 0.2) is 0 Å². The molecule has 3 aliphatic rings. The average molecular weight is 382 g/mol. The molecule has 144 valence electrons. The van der Waals surface area contributed by atoms with Crippen molar-refractivity contribution >= 4 is 17.3 Å². The maximum atomic E-state index is 12.8. The number of allylic oxidation sites excluding steroid dienone is 4. The molecule has 0 unspecified atom stereocenters. The first-order chi connectivity index (χ1) is 13.4. The molecule has 4 rings (SSSR count). The fourth-order valence-electron chi connectivity index (χ4n) is 4.71. The third kappa shape index (κ3) is 2.64. The molecule has 0 aromatic heterocycles. The molecule has 0 bridgehead atoms. The predicted molar refractivity (Wildman–Crippen MR) is 99.7 cm³/mol. The number of carbonyl (C=O) groups excluding carboxylic acids is 1. The van der Waals surface area contributed by atoms with Crippen LogP contribution in [-0.4, -0.2) is 21.9 Å². The lowest BCUT2D eigenvalue weighted by Gasteiger charge is -2.49. The highest BCUT2D eigenvalue weighted by atomic mass is 16.6. The zero-order chi connectivity index (χ0) is 19.9. The lowest BCUT2D eigenvalue weighted by atomic mass is 9.55. The minimum Gasteiger partial charge on any atom is -0.454 e. The maximum absolute atomic E-state index is 12.8. The van der Waals surface area contributed by atoms with Gasteiger partial charge in [0.1, 0.15) is 6.10 Å². The molecule has 1 aromatic rings. The molecule has 1 fully saturated rings. The number of rotatable bonds is 4. The number of hydrogen-bond acceptors (Lipinski definition) is 6. The minimum absolute atomic E-state index is 0.195. The number of nitro groups is 2. The fraction of sp³-hybridized carbons (Fsp3) is 0.350. The number of carbonyl (C=O) groups is 1. The van der Waals surface area contributed by atoms with Crippen LogP contribution < -0.4 is 0 Å². The van der Waals surface area contributed by atoms with Gasteiger partial charge in [-0.15, -0.1) is 0 Å². The van der Waals surface area contributed by atoms with Crippen LogP contribution in [0.4, 0.5) is 11.4 Å². The Morgan fingerprint density at radius 1 is 0.964 bits per heavy atom. The van der Waals surface area contributed by atoms with Crippen molar-refractivity contribution in [2.75, 3.05) is 0 Å². The van der Waals surface area contributed by atoms with E-state index in [1.807, 2.05) is 18.2 Å². The van der Waals surface area contributed by atoms with Crippen LogP contribution in [0, 0.1) is 31.1 Å². The first-order valence-electron chi connectivity index (χ1n) is 9.08. The van der Waals surface area contributed by atoms with Gasteiger partial charge in [-0.3, -0.25) is 20.2 Å². The van der Waals surface area contributed by atoms with Gasteiger partial charge < -0.3 is 4.74 Å². The molecule has 0 saturated heterocycles. The second-order valence-corrected chi connectivity index (χ2v) is 7.44. The van der Waals surface area contributed by atoms with Crippen LogP contribution in [0.2, 0.25) is 0 Å². The number of nitro benzene ring substituents is 2. The largest absolute Gasteiger partial charge is 0.454 e. The normalized spacial score (nSPS) is 29.8. The Morgan fingerprint density at radius 3 is 2.29 bits per heavy atom. The van der Waals surface area contributed by atoms with Crippen LogP contribution in [0.1, 0.15) is 36.0 Å². The van der Waals surface area contributed by atoms with Gasteiger partial charge in [0.2, 0.25) is 0 Å². The number of benzene rings is 1. The minimum atomic E-state index is -0.805. The van der Waals surface area contributed by atoms with Gasteiger partial charge in [-0.25, -0.2) is 4.79 Å². The zero-order valence-electron chi connectivity index (χ0n) is 14.9. The Hall–Kier alpha value is -3.29. The van der Waals surface area contributed by atoms with Crippen molar-refractivity contribution in [2.24, 2.45) is 10.8 Å². The van der Waals surface area contributed by atoms with Gasteiger partial charge in [-0.05, 0) is 18.9 Å². The quantitative estimate of drug-likeness (QED) is 0.333. The Balaban J connectivity index is 1.65. The highest BCUT2D eigenvalue weighted by Crippen LogP contribution is 2.61. The van der Waals surface area contributed by atoms with E-state index in [1.54, 1.807) is 0 Å². The van der Waals surface area contributed by atoms with Crippen molar-refractivity contribution in [3.63, 3.8) is 0 Å². The second-order valence-electron chi connectivity index (χ2n) is 7.44. The predicted octanol–water partition coefficient (Wildman–Crippen LogP) is 4.27. The van der Waals surface area contributed by atoms with Crippen LogP contribution in [0.15, 0.2) is 54.7 Å². The van der Waals surface area contributed by atoms with Gasteiger partial charge in [0.05, 0.1) is 21.5 Å². The Morgan fingerprint density at radius 2 is 1.61 bits per heavy atom. The highest BCUT2D eigenvalue weighted by Gasteiger charge is 2.57. The summed E-state index contributed by atoms with van der Waals surface area (Å²) in [6.07, 6.45) is 15.5. The van der Waals surface area contributed by atoms with Crippen molar-refractivity contribution in [1.29, 1.82) is 0 Å². The van der Waals surface area contributed by atoms with Gasteiger partial charge >= 0.3 is 5.97 Å². The zero-order valence-corrected chi connectivity index (χ0v) is 14.9. The summed E-state index contributed by atoms with van der Waals surface area (Å²) in [6, 6.07) is 2.85. The van der Waals surface area contributed by atoms with E-state index in [2.05, 4.69) is 18.2 Å². The smallest absolute Gasteiger partial charge is 0.339 e. The molecule has 0 N–H and O–H groups in total. The summed E-state index contributed by atoms with van der Waals surface area (Å²) in [5, 5.41) is 22.1. The van der Waals surface area contributed by atoms with Crippen molar-refractivity contribution in [2.45, 2.75) is 31.8 Å². The number of hydrogen-bond donors (Lipinski definition) is 0. The van der Waals surface area contributed by atoms with Crippen molar-refractivity contribution in [1.82, 2.24) is 0 Å². The summed E-state index contributed by atoms with van der Waals surface area (Å²) >= 11 is 0. The van der Waals surface area contributed by atoms with Crippen LogP contribution >= 0.6 is 0 Å². The molecule has 0 aliphatic heterocycles. The molecular formula is C20H18N2O6. The SMILES string of the molecule is O=C(O[C@@H]1C=C[C@]23C=CC=C[C@@]12CCCC3)c1cc([N+](=O)[O-])cc([N+](=O)[O-])c1. The summed E-state index contributed by atoms with van der Waals surface area (Å²) in [5.41, 5.74) is -1.81. The first kappa shape index (κ1) is 18.1. The summed E-state index contributed by atoms with van der Waals surface area (Å²) in [5.74, 6) is -0.805. The monoisotopic (exact) mass is 382 g/mol. The van der Waals surface area contributed by atoms with E-state index in [0.717, 1.165) is 43.9 Å². The fourth-order valence-corrected chi connectivity index (χ4v) is 4.71. The van der Waals surface area contributed by atoms with E-state index in [9.17, 15) is 25.0 Å². The maximum Gasteiger partial charge on any atom is 0.339 e. The van der Waals surface area contributed by atoms with Crippen molar-refractivity contribution < 1.29 is 19.4 Å². The van der Waals surface area contributed by atoms with Gasteiger partial charge in [-0.1, -0.05) is 43.2 Å². The Bertz CT molecular complexity index is 933. The third-order valence-corrected chi connectivity index (χ3v) is 6.07. The lowest BCUT2D eigenvalue weighted by molar-refractivity contribution is -0.394. The molecule has 8 nitrogen and oxygen atoms in total. The summed E-state index contributed by atoms with van der Waals surface area (Å²) in [4.78, 5) is 33.4. The Labute approximate surface area is 160 Å². The molecule has 1 saturated carbocycles. The topological polar surface area (TPSA) is 113 Å². The molecule has 8 heteroatoms. The van der Waals surface area contributed by atoms with Gasteiger partial charge in [-0.2, -0.15) is 0 Å². The first-order valence-corrected chi connectivity index (χ1v) is 9.08. The number of ether oxygens (including phenoxy) is 1. The molecule has 1 aromatic carbocycles. The van der Waals surface area contributed by atoms with Crippen LogP contribution in [0.25, 0.3) is 0 Å². The van der Waals surface area contributed by atoms with E-state index in [0.29, 0.717) is 0 Å². The number of non-ortho nitro benzene ring substituents is 2. The molecule has 3 atom stereocenters. The Kier molecular flexibility index (Phi) is 4.14. The molecule has 3 aliphatic carbocycles. The highest BCUT2D eigenvalue weighted by molar-refractivity contribution is 5.91. The van der Waals surface area contributed by atoms with Gasteiger partial charge in [0.25, 0.3) is 11.4 Å². The second kappa shape index (κ2) is 6.40. The van der Waals surface area contributed by atoms with Crippen molar-refractivity contribution in [3.8, 4) is 0 Å². The molecule has 0 amide bonds. The average Bonchev–Trinajstić information content (AvgIpc) is 3.02. The molecular weight excluding hydrogens is 364 g/mol. The van der Waals surface area contributed by atoms with E-state index < -0.39 is 33.3 Å². The molecule has 28 heavy (non-hydrogen) atoms. The van der Waals surface area contributed by atoms with E-state index in [-0.39, 0.29) is 16.4 Å². The standard InChI is InChI=1S/C20H18N2O6/c23-18(14-11-15(21(24)25)13-16(12-14)22(26)27)28-17-5-10-19-6-1-3-8-20(17,19)9-4-2-7-19/h1,3,5-6,8,10-13,17H,2,4,7,9H2/t17-,19-,20-/m1/s1. The molecule has 0 spiro atoms. The van der Waals surface area contributed by atoms with E-state index >= 15 is 0 Å². The summed E-state index contributed by atoms with van der Waals surface area (Å²) < 4.78 is 5.74. The van der Waals surface area contributed by atoms with Gasteiger partial charge in [0, 0.05) is 23.0 Å². The van der Waals surface area contributed by atoms with E-state index in [1.165, 1.54) is 0 Å².